The Morgan fingerprint density at radius 1 is 0.833 bits per heavy atom. The van der Waals surface area contributed by atoms with Crippen LogP contribution in [0.25, 0.3) is 0 Å². The van der Waals surface area contributed by atoms with Gasteiger partial charge in [-0.2, -0.15) is 0 Å². The van der Waals surface area contributed by atoms with Crippen LogP contribution in [0.1, 0.15) is 36.1 Å². The first-order chi connectivity index (χ1) is 5.52. The van der Waals surface area contributed by atoms with Crippen molar-refractivity contribution in [2.75, 3.05) is 0 Å². The Labute approximate surface area is 75.6 Å². The van der Waals surface area contributed by atoms with Crippen LogP contribution in [0.2, 0.25) is 0 Å². The Morgan fingerprint density at radius 3 is 1.83 bits per heavy atom. The van der Waals surface area contributed by atoms with Crippen LogP contribution in [-0.2, 0) is 0 Å². The fourth-order valence-corrected chi connectivity index (χ4v) is 1.50. The van der Waals surface area contributed by atoms with E-state index < -0.39 is 0 Å². The zero-order chi connectivity index (χ0) is 9.30. The second kappa shape index (κ2) is 3.30. The third-order valence-corrected chi connectivity index (χ3v) is 2.38. The molecule has 0 unspecified atom stereocenters. The molecule has 0 nitrogen and oxygen atoms in total. The van der Waals surface area contributed by atoms with Crippen LogP contribution in [0.4, 0.5) is 0 Å². The first-order valence-corrected chi connectivity index (χ1v) is 4.40. The Morgan fingerprint density at radius 2 is 1.33 bits per heavy atom. The summed E-state index contributed by atoms with van der Waals surface area (Å²) in [7, 11) is 0. The van der Waals surface area contributed by atoms with E-state index in [1.165, 1.54) is 28.2 Å². The van der Waals surface area contributed by atoms with E-state index in [0.29, 0.717) is 0 Å². The van der Waals surface area contributed by atoms with Gasteiger partial charge in [0.1, 0.15) is 0 Å². The van der Waals surface area contributed by atoms with Crippen molar-refractivity contribution >= 4 is 0 Å². The van der Waals surface area contributed by atoms with Gasteiger partial charge in [0, 0.05) is 0 Å². The molecule has 0 aromatic heterocycles. The van der Waals surface area contributed by atoms with Crippen LogP contribution < -0.4 is 0 Å². The summed E-state index contributed by atoms with van der Waals surface area (Å²) in [6.07, 6.45) is 0. The number of hydrogen-bond donors (Lipinski definition) is 0. The van der Waals surface area contributed by atoms with Crippen molar-refractivity contribution in [2.24, 2.45) is 0 Å². The second-order valence-electron chi connectivity index (χ2n) is 3.75. The highest BCUT2D eigenvalue weighted by molar-refractivity contribution is 5.42. The monoisotopic (exact) mass is 161 g/mol. The van der Waals surface area contributed by atoms with Gasteiger partial charge in [-0.15, -0.1) is 0 Å². The van der Waals surface area contributed by atoms with Gasteiger partial charge in [0.05, 0.1) is 0 Å². The van der Waals surface area contributed by atoms with E-state index in [1.807, 2.05) is 0 Å². The van der Waals surface area contributed by atoms with Gasteiger partial charge in [-0.1, -0.05) is 26.0 Å². The Balaban J connectivity index is 3.23. The van der Waals surface area contributed by atoms with Crippen LogP contribution in [-0.4, -0.2) is 0 Å². The van der Waals surface area contributed by atoms with E-state index in [-0.39, 0.29) is 0 Å². The molecule has 65 valence electrons. The van der Waals surface area contributed by atoms with Gasteiger partial charge in [-0.3, -0.25) is 0 Å². The highest BCUT2D eigenvalue weighted by Crippen LogP contribution is 2.21. The third kappa shape index (κ3) is 1.69. The predicted octanol–water partition coefficient (Wildman–Crippen LogP) is 3.57. The molecule has 1 aromatic carbocycles. The minimum absolute atomic E-state index is 1.39. The third-order valence-electron chi connectivity index (χ3n) is 2.38. The van der Waals surface area contributed by atoms with E-state index in [4.69, 9.17) is 0 Å². The molecular weight excluding hydrogens is 144 g/mol. The number of benzene rings is 1. The maximum absolute atomic E-state index is 2.28. The highest BCUT2D eigenvalue weighted by atomic mass is 14.1. The van der Waals surface area contributed by atoms with Gasteiger partial charge >= 0.3 is 0 Å². The Hall–Kier alpha value is -0.780. The van der Waals surface area contributed by atoms with Crippen LogP contribution in [0, 0.1) is 26.7 Å². The minimum atomic E-state index is 1.39. The topological polar surface area (TPSA) is 0 Å². The number of hydrogen-bond acceptors (Lipinski definition) is 0. The van der Waals surface area contributed by atoms with E-state index in [2.05, 4.69) is 46.8 Å². The zero-order valence-electron chi connectivity index (χ0n) is 8.65. The van der Waals surface area contributed by atoms with Crippen molar-refractivity contribution in [3.8, 4) is 0 Å². The molecular formula is C12H17. The fraction of sp³-hybridized carbons (Fsp3) is 0.417. The molecule has 1 radical (unpaired) electrons. The van der Waals surface area contributed by atoms with Gasteiger partial charge in [-0.05, 0) is 48.9 Å². The van der Waals surface area contributed by atoms with Crippen LogP contribution in [0.15, 0.2) is 12.1 Å². The minimum Gasteiger partial charge on any atom is -0.0558 e. The molecule has 0 N–H and O–H groups in total. The van der Waals surface area contributed by atoms with Crippen molar-refractivity contribution in [3.63, 3.8) is 0 Å². The van der Waals surface area contributed by atoms with Gasteiger partial charge in [-0.25, -0.2) is 0 Å². The molecule has 0 aliphatic heterocycles. The van der Waals surface area contributed by atoms with Crippen LogP contribution in [0.3, 0.4) is 0 Å². The molecule has 0 aliphatic rings. The number of aryl methyl sites for hydroxylation is 3. The van der Waals surface area contributed by atoms with Crippen LogP contribution >= 0.6 is 0 Å². The summed E-state index contributed by atoms with van der Waals surface area (Å²) < 4.78 is 0. The molecule has 0 aliphatic carbocycles. The largest absolute Gasteiger partial charge is 0.0558 e. The Kier molecular flexibility index (Phi) is 2.56. The molecule has 0 spiro atoms. The van der Waals surface area contributed by atoms with E-state index in [9.17, 15) is 0 Å². The first kappa shape index (κ1) is 9.31. The molecule has 0 fully saturated rings. The molecule has 1 aromatic rings. The summed E-state index contributed by atoms with van der Waals surface area (Å²) in [4.78, 5) is 0. The fourth-order valence-electron chi connectivity index (χ4n) is 1.50. The molecule has 0 saturated carbocycles. The molecule has 0 saturated heterocycles. The van der Waals surface area contributed by atoms with Gasteiger partial charge in [0.15, 0.2) is 0 Å². The van der Waals surface area contributed by atoms with Gasteiger partial charge < -0.3 is 0 Å². The molecule has 12 heavy (non-hydrogen) atoms. The van der Waals surface area contributed by atoms with E-state index >= 15 is 0 Å². The smallest absolute Gasteiger partial charge is 0.000923 e. The molecule has 0 heterocycles. The average Bonchev–Trinajstić information content (AvgIpc) is 1.96. The summed E-state index contributed by atoms with van der Waals surface area (Å²) in [5.74, 6) is 1.40. The van der Waals surface area contributed by atoms with Gasteiger partial charge in [0.25, 0.3) is 0 Å². The summed E-state index contributed by atoms with van der Waals surface area (Å²) in [5.41, 5.74) is 5.56. The molecule has 1 rings (SSSR count). The lowest BCUT2D eigenvalue weighted by Crippen LogP contribution is -1.95. The summed E-state index contributed by atoms with van der Waals surface area (Å²) in [6.45, 7) is 10.8. The summed E-state index contributed by atoms with van der Waals surface area (Å²) >= 11 is 0. The molecule has 0 heteroatoms. The average molecular weight is 161 g/mol. The molecule has 0 atom stereocenters. The number of rotatable bonds is 1. The van der Waals surface area contributed by atoms with Gasteiger partial charge in [0.2, 0.25) is 0 Å². The maximum atomic E-state index is 2.28. The highest BCUT2D eigenvalue weighted by Gasteiger charge is 2.05. The van der Waals surface area contributed by atoms with Crippen LogP contribution in [0.5, 0.6) is 0 Å². The quantitative estimate of drug-likeness (QED) is 0.590. The van der Waals surface area contributed by atoms with Crippen molar-refractivity contribution in [3.05, 3.63) is 40.3 Å². The van der Waals surface area contributed by atoms with Crippen molar-refractivity contribution in [2.45, 2.75) is 34.6 Å². The predicted molar refractivity (Wildman–Crippen MR) is 54.3 cm³/mol. The van der Waals surface area contributed by atoms with Crippen molar-refractivity contribution in [1.29, 1.82) is 0 Å². The standard InChI is InChI=1S/C12H17/c1-8(2)12-7-10(4)9(3)6-11(12)5/h6-7H,1-5H3. The Bertz CT molecular complexity index is 282. The first-order valence-electron chi connectivity index (χ1n) is 4.40. The van der Waals surface area contributed by atoms with Crippen molar-refractivity contribution in [1.82, 2.24) is 0 Å². The normalized spacial score (nSPS) is 10.8. The summed E-state index contributed by atoms with van der Waals surface area (Å²) in [5, 5.41) is 0. The van der Waals surface area contributed by atoms with Crippen molar-refractivity contribution < 1.29 is 0 Å². The van der Waals surface area contributed by atoms with E-state index in [1.54, 1.807) is 0 Å². The lowest BCUT2D eigenvalue weighted by atomic mass is 9.94. The summed E-state index contributed by atoms with van der Waals surface area (Å²) in [6, 6.07) is 4.54. The second-order valence-corrected chi connectivity index (χ2v) is 3.75. The zero-order valence-corrected chi connectivity index (χ0v) is 8.65. The lowest BCUT2D eigenvalue weighted by Gasteiger charge is -2.11. The maximum Gasteiger partial charge on any atom is -0.000923 e. The molecule has 0 amide bonds. The molecule has 0 bridgehead atoms. The SMILES string of the molecule is C[C](C)c1cc(C)c(C)cc1C. The lowest BCUT2D eigenvalue weighted by molar-refractivity contribution is 1.10. The van der Waals surface area contributed by atoms with E-state index in [0.717, 1.165) is 0 Å².